The predicted octanol–water partition coefficient (Wildman–Crippen LogP) is 5.45. The van der Waals surface area contributed by atoms with Crippen LogP contribution in [0.5, 0.6) is 11.5 Å². The molecule has 1 amide bonds. The summed E-state index contributed by atoms with van der Waals surface area (Å²) >= 11 is 0. The molecule has 4 heteroatoms. The summed E-state index contributed by atoms with van der Waals surface area (Å²) in [6.07, 6.45) is 2.20. The molecule has 3 aromatic carbocycles. The molecule has 4 rings (SSSR count). The van der Waals surface area contributed by atoms with Gasteiger partial charge in [-0.25, -0.2) is 0 Å². The lowest BCUT2D eigenvalue weighted by molar-refractivity contribution is -0.115. The van der Waals surface area contributed by atoms with E-state index >= 15 is 0 Å². The molecule has 0 spiro atoms. The predicted molar refractivity (Wildman–Crippen MR) is 108 cm³/mol. The smallest absolute Gasteiger partial charge is 0.228 e. The summed E-state index contributed by atoms with van der Waals surface area (Å²) in [5.74, 6) is 1.27. The maximum absolute atomic E-state index is 12.7. The van der Waals surface area contributed by atoms with Gasteiger partial charge in [-0.3, -0.25) is 4.79 Å². The average Bonchev–Trinajstić information content (AvgIpc) is 3.08. The van der Waals surface area contributed by atoms with Gasteiger partial charge < -0.3 is 15.0 Å². The van der Waals surface area contributed by atoms with Gasteiger partial charge in [0.05, 0.1) is 12.1 Å². The van der Waals surface area contributed by atoms with E-state index in [-0.39, 0.29) is 5.91 Å². The van der Waals surface area contributed by atoms with Crippen molar-refractivity contribution < 1.29 is 9.53 Å². The molecule has 0 saturated carbocycles. The number of para-hydroxylation sites is 3. The number of hydrogen-bond acceptors (Lipinski definition) is 2. The van der Waals surface area contributed by atoms with Crippen molar-refractivity contribution in [2.75, 3.05) is 5.32 Å². The molecule has 0 radical (unpaired) electrons. The van der Waals surface area contributed by atoms with Crippen molar-refractivity contribution in [1.82, 2.24) is 4.98 Å². The van der Waals surface area contributed by atoms with E-state index in [2.05, 4.69) is 23.3 Å². The number of amides is 1. The number of rotatable bonds is 5. The van der Waals surface area contributed by atoms with Crippen LogP contribution in [0, 0.1) is 6.92 Å². The average molecular weight is 356 g/mol. The van der Waals surface area contributed by atoms with E-state index in [1.165, 1.54) is 0 Å². The largest absolute Gasteiger partial charge is 0.455 e. The number of H-pyrrole nitrogens is 1. The van der Waals surface area contributed by atoms with Crippen molar-refractivity contribution in [2.45, 2.75) is 13.3 Å². The van der Waals surface area contributed by atoms with Gasteiger partial charge in [-0.2, -0.15) is 0 Å². The molecule has 2 N–H and O–H groups in total. The van der Waals surface area contributed by atoms with Crippen LogP contribution in [0.2, 0.25) is 0 Å². The van der Waals surface area contributed by atoms with Crippen molar-refractivity contribution in [2.24, 2.45) is 0 Å². The Hall–Kier alpha value is -3.53. The number of anilines is 1. The lowest BCUT2D eigenvalue weighted by Crippen LogP contribution is -2.14. The Morgan fingerprint density at radius 2 is 1.74 bits per heavy atom. The molecule has 0 atom stereocenters. The van der Waals surface area contributed by atoms with E-state index in [9.17, 15) is 4.79 Å². The lowest BCUT2D eigenvalue weighted by atomic mass is 10.1. The first kappa shape index (κ1) is 16.9. The number of fused-ring (bicyclic) bond motifs is 1. The van der Waals surface area contributed by atoms with E-state index < -0.39 is 0 Å². The van der Waals surface area contributed by atoms with Gasteiger partial charge >= 0.3 is 0 Å². The highest BCUT2D eigenvalue weighted by molar-refractivity contribution is 5.97. The van der Waals surface area contributed by atoms with Crippen molar-refractivity contribution in [3.63, 3.8) is 0 Å². The highest BCUT2D eigenvalue weighted by atomic mass is 16.5. The van der Waals surface area contributed by atoms with Crippen LogP contribution in [0.15, 0.2) is 79.0 Å². The molecule has 1 heterocycles. The molecule has 0 aliphatic heterocycles. The Balaban J connectivity index is 1.53. The molecule has 27 heavy (non-hydrogen) atoms. The summed E-state index contributed by atoms with van der Waals surface area (Å²) in [6.45, 7) is 2.06. The molecule has 0 unspecified atom stereocenters. The minimum Gasteiger partial charge on any atom is -0.455 e. The van der Waals surface area contributed by atoms with E-state index in [1.807, 2.05) is 72.9 Å². The van der Waals surface area contributed by atoms with Gasteiger partial charge in [0, 0.05) is 17.1 Å². The summed E-state index contributed by atoms with van der Waals surface area (Å²) in [7, 11) is 0. The zero-order valence-corrected chi connectivity index (χ0v) is 15.0. The van der Waals surface area contributed by atoms with Crippen LogP contribution in [-0.4, -0.2) is 10.9 Å². The first-order chi connectivity index (χ1) is 13.2. The van der Waals surface area contributed by atoms with E-state index in [0.717, 1.165) is 27.8 Å². The summed E-state index contributed by atoms with van der Waals surface area (Å²) in [4.78, 5) is 15.9. The van der Waals surface area contributed by atoms with Gasteiger partial charge in [0.15, 0.2) is 5.75 Å². The van der Waals surface area contributed by atoms with Crippen LogP contribution in [0.3, 0.4) is 0 Å². The van der Waals surface area contributed by atoms with Gasteiger partial charge in [0.2, 0.25) is 5.91 Å². The van der Waals surface area contributed by atoms with E-state index in [1.54, 1.807) is 0 Å². The van der Waals surface area contributed by atoms with Gasteiger partial charge in [-0.15, -0.1) is 0 Å². The molecule has 0 saturated heterocycles. The molecule has 0 bridgehead atoms. The normalized spacial score (nSPS) is 10.7. The summed E-state index contributed by atoms with van der Waals surface area (Å²) < 4.78 is 5.91. The fourth-order valence-electron chi connectivity index (χ4n) is 3.23. The van der Waals surface area contributed by atoms with Crippen LogP contribution >= 0.6 is 0 Å². The van der Waals surface area contributed by atoms with Gasteiger partial charge in [-0.1, -0.05) is 42.5 Å². The fraction of sp³-hybridized carbons (Fsp3) is 0.0870. The summed E-state index contributed by atoms with van der Waals surface area (Å²) in [5, 5.41) is 4.09. The highest BCUT2D eigenvalue weighted by Crippen LogP contribution is 2.29. The molecule has 0 fully saturated rings. The lowest BCUT2D eigenvalue weighted by Gasteiger charge is -2.12. The zero-order chi connectivity index (χ0) is 18.6. The Bertz CT molecular complexity index is 1080. The van der Waals surface area contributed by atoms with Gasteiger partial charge in [-0.05, 0) is 48.4 Å². The van der Waals surface area contributed by atoms with Crippen LogP contribution in [0.25, 0.3) is 10.9 Å². The second-order valence-electron chi connectivity index (χ2n) is 6.45. The second-order valence-corrected chi connectivity index (χ2v) is 6.45. The van der Waals surface area contributed by atoms with E-state index in [4.69, 9.17) is 4.74 Å². The first-order valence-electron chi connectivity index (χ1n) is 8.88. The maximum Gasteiger partial charge on any atom is 0.228 e. The SMILES string of the molecule is Cc1cccc2[nH]cc(CC(=O)Nc3ccccc3Oc3ccccc3)c12. The minimum absolute atomic E-state index is 0.0803. The first-order valence-corrected chi connectivity index (χ1v) is 8.88. The maximum atomic E-state index is 12.7. The molecular formula is C23H20N2O2. The third-order valence-corrected chi connectivity index (χ3v) is 4.48. The zero-order valence-electron chi connectivity index (χ0n) is 15.0. The Kier molecular flexibility index (Phi) is 4.62. The number of carbonyl (C=O) groups is 1. The van der Waals surface area contributed by atoms with Crippen molar-refractivity contribution in [3.8, 4) is 11.5 Å². The number of hydrogen-bond donors (Lipinski definition) is 2. The summed E-state index contributed by atoms with van der Waals surface area (Å²) in [6, 6.07) is 23.1. The Morgan fingerprint density at radius 3 is 2.59 bits per heavy atom. The fourth-order valence-corrected chi connectivity index (χ4v) is 3.23. The third kappa shape index (κ3) is 3.70. The third-order valence-electron chi connectivity index (χ3n) is 4.48. The number of aryl methyl sites for hydroxylation is 1. The Morgan fingerprint density at radius 1 is 0.963 bits per heavy atom. The van der Waals surface area contributed by atoms with Crippen LogP contribution in [0.1, 0.15) is 11.1 Å². The molecule has 134 valence electrons. The second kappa shape index (κ2) is 7.38. The number of aromatic nitrogens is 1. The van der Waals surface area contributed by atoms with Crippen molar-refractivity contribution >= 4 is 22.5 Å². The number of carbonyl (C=O) groups excluding carboxylic acids is 1. The van der Waals surface area contributed by atoms with Crippen molar-refractivity contribution in [1.29, 1.82) is 0 Å². The molecule has 0 aliphatic carbocycles. The quantitative estimate of drug-likeness (QED) is 0.499. The number of nitrogens with one attached hydrogen (secondary N) is 2. The number of ether oxygens (including phenoxy) is 1. The standard InChI is InChI=1S/C23H20N2O2/c1-16-8-7-12-20-23(16)17(15-24-20)14-22(26)25-19-11-5-6-13-21(19)27-18-9-3-2-4-10-18/h2-13,15,24H,14H2,1H3,(H,25,26). The van der Waals surface area contributed by atoms with Crippen LogP contribution in [-0.2, 0) is 11.2 Å². The van der Waals surface area contributed by atoms with Crippen LogP contribution < -0.4 is 10.1 Å². The van der Waals surface area contributed by atoms with E-state index in [0.29, 0.717) is 17.9 Å². The molecule has 4 nitrogen and oxygen atoms in total. The molecule has 0 aliphatic rings. The molecule has 1 aromatic heterocycles. The number of aromatic amines is 1. The minimum atomic E-state index is -0.0803. The van der Waals surface area contributed by atoms with Gasteiger partial charge in [0.25, 0.3) is 0 Å². The topological polar surface area (TPSA) is 54.1 Å². The van der Waals surface area contributed by atoms with Crippen LogP contribution in [0.4, 0.5) is 5.69 Å². The highest BCUT2D eigenvalue weighted by Gasteiger charge is 2.13. The molecular weight excluding hydrogens is 336 g/mol. The Labute approximate surface area is 157 Å². The van der Waals surface area contributed by atoms with Crippen molar-refractivity contribution in [3.05, 3.63) is 90.1 Å². The van der Waals surface area contributed by atoms with Gasteiger partial charge in [0.1, 0.15) is 5.75 Å². The number of benzene rings is 3. The monoisotopic (exact) mass is 356 g/mol. The summed E-state index contributed by atoms with van der Waals surface area (Å²) in [5.41, 5.74) is 3.85. The molecule has 4 aromatic rings.